The molecule has 0 N–H and O–H groups in total. The molecule has 0 heterocycles. The Labute approximate surface area is 123 Å². The first-order valence-corrected chi connectivity index (χ1v) is 8.71. The van der Waals surface area contributed by atoms with Crippen LogP contribution in [0.25, 0.3) is 0 Å². The van der Waals surface area contributed by atoms with Crippen LogP contribution in [0, 0.1) is 11.3 Å². The summed E-state index contributed by atoms with van der Waals surface area (Å²) in [6.07, 6.45) is -0.787. The lowest BCUT2D eigenvalue weighted by Crippen LogP contribution is -2.16. The number of nitrogens with zero attached hydrogens (tertiary/aromatic N) is 1. The molecule has 0 bridgehead atoms. The molecule has 118 valence electrons. The predicted molar refractivity (Wildman–Crippen MR) is 76.8 cm³/mol. The fourth-order valence-corrected chi connectivity index (χ4v) is 2.79. The summed E-state index contributed by atoms with van der Waals surface area (Å²) in [7, 11) is -2.97. The van der Waals surface area contributed by atoms with Crippen molar-refractivity contribution in [3.8, 4) is 6.07 Å². The van der Waals surface area contributed by atoms with E-state index in [9.17, 15) is 0 Å². The van der Waals surface area contributed by atoms with Gasteiger partial charge < -0.3 is 22.6 Å². The lowest BCUT2D eigenvalue weighted by Gasteiger charge is -2.20. The minimum absolute atomic E-state index is 0.0428. The average molecular weight is 327 g/mol. The molecule has 0 fully saturated rings. The van der Waals surface area contributed by atoms with Crippen molar-refractivity contribution in [2.75, 3.05) is 33.0 Å². The van der Waals surface area contributed by atoms with Crippen LogP contribution in [-0.2, 0) is 27.1 Å². The van der Waals surface area contributed by atoms with Crippen molar-refractivity contribution in [3.05, 3.63) is 0 Å². The lowest BCUT2D eigenvalue weighted by molar-refractivity contribution is 0.0974. The molecule has 20 heavy (non-hydrogen) atoms. The summed E-state index contributed by atoms with van der Waals surface area (Å²) >= 11 is 0. The van der Waals surface area contributed by atoms with Crippen molar-refractivity contribution in [2.45, 2.75) is 33.8 Å². The predicted octanol–water partition coefficient (Wildman–Crippen LogP) is 3.51. The van der Waals surface area contributed by atoms with Gasteiger partial charge in [-0.15, -0.1) is 0 Å². The molecular weight excluding hydrogens is 304 g/mol. The molecule has 1 unspecified atom stereocenters. The Morgan fingerprint density at radius 3 is 1.65 bits per heavy atom. The zero-order chi connectivity index (χ0) is 15.2. The molecule has 0 saturated carbocycles. The second-order valence-electron chi connectivity index (χ2n) is 3.14. The molecule has 0 aromatic heterocycles. The van der Waals surface area contributed by atoms with Crippen molar-refractivity contribution in [2.24, 2.45) is 0 Å². The Hall–Kier alpha value is 0.110. The molecule has 7 nitrogen and oxygen atoms in total. The van der Waals surface area contributed by atoms with E-state index in [1.165, 1.54) is 0 Å². The number of nitriles is 1. The molecule has 9 heteroatoms. The van der Waals surface area contributed by atoms with Crippen molar-refractivity contribution >= 4 is 17.2 Å². The maximum absolute atomic E-state index is 9.05. The van der Waals surface area contributed by atoms with E-state index in [2.05, 4.69) is 0 Å². The van der Waals surface area contributed by atoms with Crippen molar-refractivity contribution in [1.82, 2.24) is 0 Å². The van der Waals surface area contributed by atoms with E-state index in [0.717, 1.165) is 0 Å². The maximum atomic E-state index is 9.05. The summed E-state index contributed by atoms with van der Waals surface area (Å²) in [4.78, 5) is 0. The molecule has 0 spiro atoms. The van der Waals surface area contributed by atoms with Gasteiger partial charge in [0, 0.05) is 0 Å². The van der Waals surface area contributed by atoms with E-state index >= 15 is 0 Å². The van der Waals surface area contributed by atoms with Crippen molar-refractivity contribution in [1.29, 1.82) is 5.26 Å². The quantitative estimate of drug-likeness (QED) is 0.479. The van der Waals surface area contributed by atoms with Crippen LogP contribution in [0.4, 0.5) is 0 Å². The number of hydrogen-bond acceptors (Lipinski definition) is 7. The standard InChI is InChI=1S/C11H23NO6P2/c1-5-13-19(14-6-2)17-10-11(9-12)18-20(15-7-3)16-8-4/h11H,5-8,10H2,1-4H3. The van der Waals surface area contributed by atoms with Crippen LogP contribution in [0.2, 0.25) is 0 Å². The minimum Gasteiger partial charge on any atom is -0.313 e. The van der Waals surface area contributed by atoms with Crippen LogP contribution in [-0.4, -0.2) is 39.1 Å². The molecule has 0 aliphatic carbocycles. The highest BCUT2D eigenvalue weighted by atomic mass is 31.2. The fourth-order valence-electron chi connectivity index (χ4n) is 0.955. The van der Waals surface area contributed by atoms with E-state index < -0.39 is 23.3 Å². The van der Waals surface area contributed by atoms with E-state index in [1.807, 2.05) is 33.8 Å². The van der Waals surface area contributed by atoms with E-state index in [1.54, 1.807) is 0 Å². The van der Waals surface area contributed by atoms with Gasteiger partial charge in [-0.25, -0.2) is 0 Å². The zero-order valence-corrected chi connectivity index (χ0v) is 14.2. The lowest BCUT2D eigenvalue weighted by atomic mass is 10.4. The summed E-state index contributed by atoms with van der Waals surface area (Å²) in [5.41, 5.74) is 0. The first kappa shape index (κ1) is 20.1. The van der Waals surface area contributed by atoms with Gasteiger partial charge in [-0.05, 0) is 27.7 Å². The summed E-state index contributed by atoms with van der Waals surface area (Å²) in [5, 5.41) is 9.05. The van der Waals surface area contributed by atoms with E-state index in [4.69, 9.17) is 32.4 Å². The Morgan fingerprint density at radius 2 is 1.25 bits per heavy atom. The third-order valence-electron chi connectivity index (χ3n) is 1.63. The van der Waals surface area contributed by atoms with Crippen LogP contribution in [0.5, 0.6) is 0 Å². The Kier molecular flexibility index (Phi) is 14.1. The maximum Gasteiger partial charge on any atom is 0.334 e. The van der Waals surface area contributed by atoms with Gasteiger partial charge in [0.25, 0.3) is 0 Å². The monoisotopic (exact) mass is 327 g/mol. The summed E-state index contributed by atoms with van der Waals surface area (Å²) in [6.45, 7) is 9.27. The minimum atomic E-state index is -1.53. The third-order valence-corrected chi connectivity index (χ3v) is 4.29. The molecule has 0 aliphatic heterocycles. The van der Waals surface area contributed by atoms with Crippen molar-refractivity contribution < 1.29 is 27.1 Å². The fraction of sp³-hybridized carbons (Fsp3) is 0.909. The van der Waals surface area contributed by atoms with Crippen LogP contribution in [0.15, 0.2) is 0 Å². The molecule has 1 atom stereocenters. The van der Waals surface area contributed by atoms with E-state index in [-0.39, 0.29) is 6.61 Å². The average Bonchev–Trinajstić information content (AvgIpc) is 2.44. The molecule has 0 saturated heterocycles. The topological polar surface area (TPSA) is 79.2 Å². The molecule has 0 radical (unpaired) electrons. The van der Waals surface area contributed by atoms with Crippen LogP contribution < -0.4 is 0 Å². The molecule has 0 amide bonds. The van der Waals surface area contributed by atoms with Gasteiger partial charge in [0.2, 0.25) is 0 Å². The molecule has 0 rings (SSSR count). The Morgan fingerprint density at radius 1 is 0.800 bits per heavy atom. The molecule has 0 aromatic rings. The normalized spacial score (nSPS) is 12.8. The number of rotatable bonds is 13. The van der Waals surface area contributed by atoms with Gasteiger partial charge in [0.05, 0.1) is 39.1 Å². The van der Waals surface area contributed by atoms with Gasteiger partial charge >= 0.3 is 17.2 Å². The first-order valence-electron chi connectivity index (χ1n) is 6.52. The second kappa shape index (κ2) is 14.1. The molecule has 0 aromatic carbocycles. The van der Waals surface area contributed by atoms with Crippen LogP contribution in [0.3, 0.4) is 0 Å². The largest absolute Gasteiger partial charge is 0.334 e. The summed E-state index contributed by atoms with van der Waals surface area (Å²) in [5.74, 6) is 0. The highest BCUT2D eigenvalue weighted by Crippen LogP contribution is 2.43. The zero-order valence-electron chi connectivity index (χ0n) is 12.4. The van der Waals surface area contributed by atoms with Gasteiger partial charge in [0.15, 0.2) is 6.10 Å². The number of hydrogen-bond donors (Lipinski definition) is 0. The highest BCUT2D eigenvalue weighted by molar-refractivity contribution is 7.42. The van der Waals surface area contributed by atoms with Gasteiger partial charge in [0.1, 0.15) is 0 Å². The second-order valence-corrected chi connectivity index (χ2v) is 5.53. The Bertz CT molecular complexity index is 254. The SMILES string of the molecule is CCOP(OCC)OCC(C#N)OP(OCC)OCC. The Balaban J connectivity index is 4.20. The summed E-state index contributed by atoms with van der Waals surface area (Å²) in [6, 6.07) is 2.00. The van der Waals surface area contributed by atoms with Crippen LogP contribution >= 0.6 is 17.2 Å². The molecular formula is C11H23NO6P2. The van der Waals surface area contributed by atoms with Crippen LogP contribution in [0.1, 0.15) is 27.7 Å². The first-order chi connectivity index (χ1) is 9.71. The van der Waals surface area contributed by atoms with Crippen molar-refractivity contribution in [3.63, 3.8) is 0 Å². The van der Waals surface area contributed by atoms with E-state index in [0.29, 0.717) is 26.4 Å². The van der Waals surface area contributed by atoms with Gasteiger partial charge in [-0.3, -0.25) is 4.52 Å². The smallest absolute Gasteiger partial charge is 0.313 e. The highest BCUT2D eigenvalue weighted by Gasteiger charge is 2.21. The van der Waals surface area contributed by atoms with Gasteiger partial charge in [-0.2, -0.15) is 5.26 Å². The third kappa shape index (κ3) is 9.93. The summed E-state index contributed by atoms with van der Waals surface area (Å²) < 4.78 is 31.9. The molecule has 0 aliphatic rings. The van der Waals surface area contributed by atoms with Gasteiger partial charge in [-0.1, -0.05) is 0 Å².